The number of hydrogen-bond donors (Lipinski definition) is 3. The third-order valence-electron chi connectivity index (χ3n) is 5.89. The van der Waals surface area contributed by atoms with Crippen LogP contribution < -0.4 is 14.8 Å². The number of carbonyl (C=O) groups excluding carboxylic acids is 1. The Kier molecular flexibility index (Phi) is 7.05. The Hall–Kier alpha value is -4.67. The molecule has 5 aromatic carbocycles. The number of fused-ring (bicyclic) bond motifs is 1. The zero-order valence-corrected chi connectivity index (χ0v) is 22.0. The van der Waals surface area contributed by atoms with E-state index in [1.165, 1.54) is 42.5 Å². The molecule has 5 aromatic rings. The summed E-state index contributed by atoms with van der Waals surface area (Å²) in [6.07, 6.45) is 0. The van der Waals surface area contributed by atoms with Gasteiger partial charge in [0.05, 0.1) is 15.5 Å². The first-order valence-electron chi connectivity index (χ1n) is 11.8. The highest BCUT2D eigenvalue weighted by atomic mass is 32.2. The number of hydrogen-bond acceptors (Lipinski definition) is 5. The summed E-state index contributed by atoms with van der Waals surface area (Å²) in [5.41, 5.74) is 1.29. The fourth-order valence-corrected chi connectivity index (χ4v) is 6.13. The first-order chi connectivity index (χ1) is 18.7. The minimum Gasteiger partial charge on any atom is -0.322 e. The van der Waals surface area contributed by atoms with E-state index in [9.17, 15) is 21.6 Å². The van der Waals surface area contributed by atoms with Crippen molar-refractivity contribution in [2.45, 2.75) is 9.79 Å². The lowest BCUT2D eigenvalue weighted by molar-refractivity contribution is 0.102. The molecule has 5 rings (SSSR count). The van der Waals surface area contributed by atoms with Crippen molar-refractivity contribution in [3.8, 4) is 0 Å². The number of nitrogens with one attached hydrogen (secondary N) is 3. The van der Waals surface area contributed by atoms with Gasteiger partial charge in [0, 0.05) is 22.3 Å². The molecule has 0 saturated heterocycles. The van der Waals surface area contributed by atoms with Crippen LogP contribution in [0.4, 0.5) is 17.1 Å². The van der Waals surface area contributed by atoms with Crippen LogP contribution in [0.15, 0.2) is 131 Å². The van der Waals surface area contributed by atoms with Crippen LogP contribution in [0.25, 0.3) is 10.8 Å². The topological polar surface area (TPSA) is 121 Å². The van der Waals surface area contributed by atoms with Crippen molar-refractivity contribution >= 4 is 53.8 Å². The van der Waals surface area contributed by atoms with Crippen molar-refractivity contribution < 1.29 is 21.6 Å². The Labute approximate surface area is 226 Å². The quantitative estimate of drug-likeness (QED) is 0.226. The van der Waals surface area contributed by atoms with Gasteiger partial charge in [-0.3, -0.25) is 14.2 Å². The van der Waals surface area contributed by atoms with Crippen LogP contribution in [0.2, 0.25) is 0 Å². The predicted octanol–water partition coefficient (Wildman–Crippen LogP) is 5.69. The summed E-state index contributed by atoms with van der Waals surface area (Å²) in [6, 6.07) is 32.6. The van der Waals surface area contributed by atoms with Crippen molar-refractivity contribution in [2.24, 2.45) is 0 Å². The second kappa shape index (κ2) is 10.6. The highest BCUT2D eigenvalue weighted by molar-refractivity contribution is 7.93. The molecule has 0 bridgehead atoms. The normalized spacial score (nSPS) is 11.6. The van der Waals surface area contributed by atoms with Crippen molar-refractivity contribution in [3.63, 3.8) is 0 Å². The number of sulfonamides is 2. The van der Waals surface area contributed by atoms with Crippen LogP contribution in [0.1, 0.15) is 10.4 Å². The lowest BCUT2D eigenvalue weighted by Crippen LogP contribution is -2.15. The highest BCUT2D eigenvalue weighted by Gasteiger charge is 2.17. The van der Waals surface area contributed by atoms with Gasteiger partial charge in [-0.1, -0.05) is 60.7 Å². The average molecular weight is 558 g/mol. The molecule has 0 atom stereocenters. The Morgan fingerprint density at radius 1 is 0.538 bits per heavy atom. The predicted molar refractivity (Wildman–Crippen MR) is 153 cm³/mol. The van der Waals surface area contributed by atoms with Crippen LogP contribution in [-0.2, 0) is 20.0 Å². The van der Waals surface area contributed by atoms with E-state index < -0.39 is 26.0 Å². The third kappa shape index (κ3) is 5.92. The summed E-state index contributed by atoms with van der Waals surface area (Å²) in [5, 5.41) is 4.39. The van der Waals surface area contributed by atoms with Gasteiger partial charge >= 0.3 is 0 Å². The summed E-state index contributed by atoms with van der Waals surface area (Å²) in [6.45, 7) is 0. The number of amides is 1. The van der Waals surface area contributed by atoms with Crippen molar-refractivity contribution in [2.75, 3.05) is 14.8 Å². The van der Waals surface area contributed by atoms with E-state index in [4.69, 9.17) is 0 Å². The molecule has 39 heavy (non-hydrogen) atoms. The van der Waals surface area contributed by atoms with Gasteiger partial charge in [0.25, 0.3) is 26.0 Å². The van der Waals surface area contributed by atoms with Gasteiger partial charge in [-0.05, 0) is 66.0 Å². The Morgan fingerprint density at radius 2 is 1.15 bits per heavy atom. The first-order valence-corrected chi connectivity index (χ1v) is 14.8. The molecule has 3 N–H and O–H groups in total. The van der Waals surface area contributed by atoms with E-state index in [-0.39, 0.29) is 21.0 Å². The molecule has 1 amide bonds. The minimum absolute atomic E-state index is 0.0331. The summed E-state index contributed by atoms with van der Waals surface area (Å²) >= 11 is 0. The van der Waals surface area contributed by atoms with Crippen LogP contribution in [0, 0.1) is 0 Å². The van der Waals surface area contributed by atoms with E-state index in [0.29, 0.717) is 11.4 Å². The molecule has 0 spiro atoms. The van der Waals surface area contributed by atoms with Gasteiger partial charge in [-0.15, -0.1) is 0 Å². The van der Waals surface area contributed by atoms with Gasteiger partial charge in [0.15, 0.2) is 0 Å². The zero-order valence-electron chi connectivity index (χ0n) is 20.4. The molecule has 0 aliphatic heterocycles. The molecule has 0 aliphatic carbocycles. The molecule has 0 aliphatic rings. The lowest BCUT2D eigenvalue weighted by atomic mass is 10.1. The Bertz CT molecular complexity index is 1870. The molecular weight excluding hydrogens is 534 g/mol. The molecule has 10 heteroatoms. The van der Waals surface area contributed by atoms with E-state index in [0.717, 1.165) is 10.8 Å². The highest BCUT2D eigenvalue weighted by Crippen LogP contribution is 2.26. The zero-order chi connectivity index (χ0) is 27.5. The summed E-state index contributed by atoms with van der Waals surface area (Å²) in [4.78, 5) is 13.0. The Morgan fingerprint density at radius 3 is 1.92 bits per heavy atom. The molecular formula is C29H23N3O5S2. The van der Waals surface area contributed by atoms with Crippen LogP contribution >= 0.6 is 0 Å². The fraction of sp³-hybridized carbons (Fsp3) is 0. The van der Waals surface area contributed by atoms with E-state index in [1.807, 2.05) is 30.3 Å². The monoisotopic (exact) mass is 557 g/mol. The van der Waals surface area contributed by atoms with Crippen LogP contribution in [0.3, 0.4) is 0 Å². The number of rotatable bonds is 8. The van der Waals surface area contributed by atoms with Crippen LogP contribution in [0.5, 0.6) is 0 Å². The van der Waals surface area contributed by atoms with Crippen molar-refractivity contribution in [1.29, 1.82) is 0 Å². The summed E-state index contributed by atoms with van der Waals surface area (Å²) in [5.74, 6) is -0.486. The second-order valence-electron chi connectivity index (χ2n) is 8.61. The second-order valence-corrected chi connectivity index (χ2v) is 12.0. The maximum absolute atomic E-state index is 13.0. The molecule has 0 unspecified atom stereocenters. The molecule has 0 saturated carbocycles. The van der Waals surface area contributed by atoms with Gasteiger partial charge in [0.1, 0.15) is 0 Å². The summed E-state index contributed by atoms with van der Waals surface area (Å²) < 4.78 is 56.3. The van der Waals surface area contributed by atoms with Gasteiger partial charge in [-0.25, -0.2) is 16.8 Å². The maximum Gasteiger partial charge on any atom is 0.261 e. The standard InChI is InChI=1S/C29H23N3O5S2/c33-29(22-10-6-11-24(20-22)31-38(34,35)25-12-2-1-3-13-25)30-23-16-18-26(19-17-23)39(36,37)32-28-15-7-9-21-8-4-5-14-27(21)28/h1-20,31-32H,(H,30,33). The van der Waals surface area contributed by atoms with E-state index >= 15 is 0 Å². The number of carbonyl (C=O) groups is 1. The lowest BCUT2D eigenvalue weighted by Gasteiger charge is -2.12. The molecule has 0 radical (unpaired) electrons. The number of benzene rings is 5. The van der Waals surface area contributed by atoms with Crippen molar-refractivity contribution in [3.05, 3.63) is 127 Å². The number of anilines is 3. The maximum atomic E-state index is 13.0. The fourth-order valence-electron chi connectivity index (χ4n) is 3.98. The molecule has 8 nitrogen and oxygen atoms in total. The first kappa shape index (κ1) is 26.0. The smallest absolute Gasteiger partial charge is 0.261 e. The molecule has 0 fully saturated rings. The average Bonchev–Trinajstić information content (AvgIpc) is 2.94. The molecule has 0 aromatic heterocycles. The van der Waals surface area contributed by atoms with Crippen molar-refractivity contribution in [1.82, 2.24) is 0 Å². The van der Waals surface area contributed by atoms with E-state index in [2.05, 4.69) is 14.8 Å². The minimum atomic E-state index is -3.88. The molecule has 0 heterocycles. The third-order valence-corrected chi connectivity index (χ3v) is 8.67. The van der Waals surface area contributed by atoms with Gasteiger partial charge in [-0.2, -0.15) is 0 Å². The molecule has 196 valence electrons. The van der Waals surface area contributed by atoms with Gasteiger partial charge < -0.3 is 5.32 Å². The van der Waals surface area contributed by atoms with Gasteiger partial charge in [0.2, 0.25) is 0 Å². The largest absolute Gasteiger partial charge is 0.322 e. The van der Waals surface area contributed by atoms with E-state index in [1.54, 1.807) is 48.5 Å². The Balaban J connectivity index is 1.28. The van der Waals surface area contributed by atoms with Crippen LogP contribution in [-0.4, -0.2) is 22.7 Å². The summed E-state index contributed by atoms with van der Waals surface area (Å²) in [7, 11) is -7.69. The SMILES string of the molecule is O=C(Nc1ccc(S(=O)(=O)Nc2cccc3ccccc23)cc1)c1cccc(NS(=O)(=O)c2ccccc2)c1.